The zero-order valence-corrected chi connectivity index (χ0v) is 17.8. The lowest BCUT2D eigenvalue weighted by atomic mass is 10.1. The van der Waals surface area contributed by atoms with Crippen LogP contribution in [0.4, 0.5) is 0 Å². The van der Waals surface area contributed by atoms with Crippen molar-refractivity contribution in [3.05, 3.63) is 77.7 Å². The molecule has 1 N–H and O–H groups in total. The van der Waals surface area contributed by atoms with Crippen molar-refractivity contribution in [2.75, 3.05) is 0 Å². The molecule has 0 fully saturated rings. The van der Waals surface area contributed by atoms with Crippen molar-refractivity contribution in [2.24, 2.45) is 0 Å². The van der Waals surface area contributed by atoms with Crippen LogP contribution in [0.1, 0.15) is 18.5 Å². The van der Waals surface area contributed by atoms with Crippen LogP contribution in [0.2, 0.25) is 5.15 Å². The fraction of sp³-hybridized carbons (Fsp3) is 0.136. The SMILES string of the molecule is O=C(O)CCCc1cc2nc(Cl)ccc2n1S(=O)(=O)c1ccc(-c2ccccn2)cc1. The third-order valence-corrected chi connectivity index (χ3v) is 6.82. The molecule has 0 saturated heterocycles. The Morgan fingerprint density at radius 1 is 1.06 bits per heavy atom. The number of aliphatic carboxylic acids is 1. The van der Waals surface area contributed by atoms with Gasteiger partial charge in [-0.25, -0.2) is 17.4 Å². The second kappa shape index (κ2) is 8.49. The van der Waals surface area contributed by atoms with Crippen LogP contribution in [-0.2, 0) is 21.2 Å². The lowest BCUT2D eigenvalue weighted by Crippen LogP contribution is -2.16. The van der Waals surface area contributed by atoms with Crippen molar-refractivity contribution in [1.82, 2.24) is 13.9 Å². The van der Waals surface area contributed by atoms with E-state index in [0.717, 1.165) is 11.3 Å². The Kier molecular flexibility index (Phi) is 5.75. The first-order valence-corrected chi connectivity index (χ1v) is 11.3. The van der Waals surface area contributed by atoms with E-state index in [0.29, 0.717) is 23.1 Å². The van der Waals surface area contributed by atoms with Gasteiger partial charge in [0, 0.05) is 23.9 Å². The molecule has 0 spiro atoms. The lowest BCUT2D eigenvalue weighted by molar-refractivity contribution is -0.137. The Morgan fingerprint density at radius 3 is 2.52 bits per heavy atom. The van der Waals surface area contributed by atoms with E-state index >= 15 is 0 Å². The number of pyridine rings is 2. The Morgan fingerprint density at radius 2 is 1.84 bits per heavy atom. The molecule has 0 saturated carbocycles. The lowest BCUT2D eigenvalue weighted by Gasteiger charge is -2.12. The summed E-state index contributed by atoms with van der Waals surface area (Å²) in [5, 5.41) is 9.18. The Balaban J connectivity index is 1.77. The van der Waals surface area contributed by atoms with Gasteiger partial charge in [-0.15, -0.1) is 0 Å². The third-order valence-electron chi connectivity index (χ3n) is 4.83. The van der Waals surface area contributed by atoms with Crippen molar-refractivity contribution in [3.8, 4) is 11.3 Å². The van der Waals surface area contributed by atoms with Crippen molar-refractivity contribution in [2.45, 2.75) is 24.2 Å². The number of carboxylic acid groups (broad SMARTS) is 1. The molecule has 4 aromatic rings. The summed E-state index contributed by atoms with van der Waals surface area (Å²) in [5.41, 5.74) is 2.83. The maximum atomic E-state index is 13.5. The van der Waals surface area contributed by atoms with E-state index in [4.69, 9.17) is 16.7 Å². The first-order chi connectivity index (χ1) is 14.9. The standard InChI is InChI=1S/C22H18ClN3O4S/c23-21-12-11-20-19(25-21)14-16(4-3-6-22(27)28)26(20)31(29,30)17-9-7-15(8-10-17)18-5-1-2-13-24-18/h1-2,5,7-14H,3-4,6H2,(H,27,28). The predicted molar refractivity (Wildman–Crippen MR) is 118 cm³/mol. The molecule has 3 heterocycles. The average Bonchev–Trinajstić information content (AvgIpc) is 3.12. The monoisotopic (exact) mass is 455 g/mol. The van der Waals surface area contributed by atoms with E-state index in [1.54, 1.807) is 30.5 Å². The normalized spacial score (nSPS) is 11.6. The zero-order valence-electron chi connectivity index (χ0n) is 16.3. The van der Waals surface area contributed by atoms with Gasteiger partial charge in [0.15, 0.2) is 0 Å². The first kappa shape index (κ1) is 21.0. The van der Waals surface area contributed by atoms with Crippen LogP contribution in [0.15, 0.2) is 71.8 Å². The van der Waals surface area contributed by atoms with E-state index in [9.17, 15) is 13.2 Å². The molecule has 0 atom stereocenters. The number of carbonyl (C=O) groups is 1. The molecule has 4 rings (SSSR count). The van der Waals surface area contributed by atoms with Gasteiger partial charge in [-0.05, 0) is 55.3 Å². The Bertz CT molecular complexity index is 1350. The van der Waals surface area contributed by atoms with Crippen LogP contribution < -0.4 is 0 Å². The summed E-state index contributed by atoms with van der Waals surface area (Å²) in [7, 11) is -3.95. The van der Waals surface area contributed by atoms with Gasteiger partial charge in [0.25, 0.3) is 10.0 Å². The molecule has 0 bridgehead atoms. The maximum absolute atomic E-state index is 13.5. The number of aryl methyl sites for hydroxylation is 1. The minimum absolute atomic E-state index is 0.0610. The largest absolute Gasteiger partial charge is 0.481 e. The summed E-state index contributed by atoms with van der Waals surface area (Å²) in [6.07, 6.45) is 2.18. The summed E-state index contributed by atoms with van der Waals surface area (Å²) < 4.78 is 28.3. The molecule has 0 unspecified atom stereocenters. The van der Waals surface area contributed by atoms with Crippen molar-refractivity contribution < 1.29 is 18.3 Å². The summed E-state index contributed by atoms with van der Waals surface area (Å²) in [6.45, 7) is 0. The molecule has 158 valence electrons. The van der Waals surface area contributed by atoms with Crippen molar-refractivity contribution >= 4 is 38.6 Å². The number of carboxylic acids is 1. The van der Waals surface area contributed by atoms with E-state index in [-0.39, 0.29) is 22.9 Å². The molecular formula is C22H18ClN3O4S. The third kappa shape index (κ3) is 4.30. The molecule has 0 aliphatic rings. The fourth-order valence-corrected chi connectivity index (χ4v) is 5.12. The molecule has 1 aromatic carbocycles. The fourth-order valence-electron chi connectivity index (χ4n) is 3.41. The van der Waals surface area contributed by atoms with E-state index in [2.05, 4.69) is 9.97 Å². The molecule has 31 heavy (non-hydrogen) atoms. The molecule has 9 heteroatoms. The number of aromatic nitrogens is 3. The molecule has 0 amide bonds. The van der Waals surface area contributed by atoms with Gasteiger partial charge in [-0.3, -0.25) is 9.78 Å². The maximum Gasteiger partial charge on any atom is 0.303 e. The molecule has 0 aliphatic carbocycles. The van der Waals surface area contributed by atoms with E-state index in [1.165, 1.54) is 22.2 Å². The Labute approximate surface area is 184 Å². The highest BCUT2D eigenvalue weighted by atomic mass is 35.5. The van der Waals surface area contributed by atoms with Crippen LogP contribution in [0, 0.1) is 0 Å². The smallest absolute Gasteiger partial charge is 0.303 e. The zero-order chi connectivity index (χ0) is 22.0. The van der Waals surface area contributed by atoms with Gasteiger partial charge >= 0.3 is 5.97 Å². The quantitative estimate of drug-likeness (QED) is 0.414. The summed E-state index contributed by atoms with van der Waals surface area (Å²) in [5.74, 6) is -0.934. The second-order valence-corrected chi connectivity index (χ2v) is 9.10. The van der Waals surface area contributed by atoms with E-state index < -0.39 is 16.0 Å². The molecule has 0 aliphatic heterocycles. The molecule has 3 aromatic heterocycles. The van der Waals surface area contributed by atoms with Gasteiger partial charge in [-0.1, -0.05) is 29.8 Å². The van der Waals surface area contributed by atoms with Crippen LogP contribution in [0.3, 0.4) is 0 Å². The number of hydrogen-bond acceptors (Lipinski definition) is 5. The van der Waals surface area contributed by atoms with Gasteiger partial charge in [-0.2, -0.15) is 0 Å². The van der Waals surface area contributed by atoms with Crippen LogP contribution in [0.25, 0.3) is 22.3 Å². The Hall–Kier alpha value is -3.23. The number of nitrogens with zero attached hydrogens (tertiary/aromatic N) is 3. The van der Waals surface area contributed by atoms with Gasteiger partial charge in [0.05, 0.1) is 21.6 Å². The van der Waals surface area contributed by atoms with Crippen LogP contribution in [-0.4, -0.2) is 33.4 Å². The highest BCUT2D eigenvalue weighted by Gasteiger charge is 2.24. The summed E-state index contributed by atoms with van der Waals surface area (Å²) in [6, 6.07) is 16.8. The number of hydrogen-bond donors (Lipinski definition) is 1. The van der Waals surface area contributed by atoms with Crippen molar-refractivity contribution in [3.63, 3.8) is 0 Å². The molecular weight excluding hydrogens is 438 g/mol. The van der Waals surface area contributed by atoms with E-state index in [1.807, 2.05) is 18.2 Å². The first-order valence-electron chi connectivity index (χ1n) is 9.52. The molecule has 7 nitrogen and oxygen atoms in total. The van der Waals surface area contributed by atoms with Gasteiger partial charge in [0.1, 0.15) is 5.15 Å². The highest BCUT2D eigenvalue weighted by molar-refractivity contribution is 7.90. The topological polar surface area (TPSA) is 102 Å². The minimum atomic E-state index is -3.95. The van der Waals surface area contributed by atoms with Gasteiger partial charge in [0.2, 0.25) is 0 Å². The van der Waals surface area contributed by atoms with Crippen LogP contribution >= 0.6 is 11.6 Å². The number of fused-ring (bicyclic) bond motifs is 1. The summed E-state index contributed by atoms with van der Waals surface area (Å²) >= 11 is 5.98. The second-order valence-electron chi connectivity index (χ2n) is 6.93. The number of rotatable bonds is 7. The average molecular weight is 456 g/mol. The summed E-state index contributed by atoms with van der Waals surface area (Å²) in [4.78, 5) is 19.5. The minimum Gasteiger partial charge on any atom is -0.481 e. The van der Waals surface area contributed by atoms with Crippen LogP contribution in [0.5, 0.6) is 0 Å². The number of benzene rings is 1. The number of halogens is 1. The van der Waals surface area contributed by atoms with Crippen molar-refractivity contribution in [1.29, 1.82) is 0 Å². The highest BCUT2D eigenvalue weighted by Crippen LogP contribution is 2.28. The molecule has 0 radical (unpaired) electrons. The predicted octanol–water partition coefficient (Wildman–Crippen LogP) is 4.40. The van der Waals surface area contributed by atoms with Gasteiger partial charge < -0.3 is 5.11 Å².